The number of unbranched alkanes of at least 4 members (excludes halogenated alkanes) is 3. The maximum atomic E-state index is 14.6. The van der Waals surface area contributed by atoms with Gasteiger partial charge in [-0.15, -0.1) is 0 Å². The summed E-state index contributed by atoms with van der Waals surface area (Å²) >= 11 is -3.05. The van der Waals surface area contributed by atoms with Crippen molar-refractivity contribution in [3.8, 4) is 0 Å². The maximum absolute atomic E-state index is 14.6. The molecule has 0 aliphatic rings. The second-order valence-corrected chi connectivity index (χ2v) is 22.7. The van der Waals surface area contributed by atoms with Crippen molar-refractivity contribution in [2.24, 2.45) is 0 Å². The Balaban J connectivity index is 2.50. The van der Waals surface area contributed by atoms with E-state index in [0.29, 0.717) is 0 Å². The summed E-state index contributed by atoms with van der Waals surface area (Å²) in [4.78, 5) is 0. The molecule has 0 heterocycles. The SMILES string of the molecule is CCC[CH2][Sn]([CH2]CCC)([CH2]CCC)[O]P(=O)(c1ccccc1)c1ccccc1. The Morgan fingerprint density at radius 2 is 1.04 bits per heavy atom. The van der Waals surface area contributed by atoms with Crippen molar-refractivity contribution >= 4 is 36.8 Å². The summed E-state index contributed by atoms with van der Waals surface area (Å²) in [6, 6.07) is 19.9. The molecule has 2 rings (SSSR count). The summed E-state index contributed by atoms with van der Waals surface area (Å²) in [6.45, 7) is 6.76. The van der Waals surface area contributed by atoms with Gasteiger partial charge in [-0.1, -0.05) is 0 Å². The Labute approximate surface area is 177 Å². The first-order valence-corrected chi connectivity index (χ1v) is 19.9. The molecule has 28 heavy (non-hydrogen) atoms. The summed E-state index contributed by atoms with van der Waals surface area (Å²) in [7, 11) is -3.07. The molecule has 0 aliphatic carbocycles. The topological polar surface area (TPSA) is 26.3 Å². The Morgan fingerprint density at radius 1 is 0.679 bits per heavy atom. The molecule has 2 aromatic carbocycles. The second-order valence-electron chi connectivity index (χ2n) is 7.81. The Hall–Kier alpha value is -0.571. The minimum atomic E-state index is -3.07. The second kappa shape index (κ2) is 12.2. The fourth-order valence-electron chi connectivity index (χ4n) is 3.78. The van der Waals surface area contributed by atoms with Crippen LogP contribution in [0.25, 0.3) is 0 Å². The van der Waals surface area contributed by atoms with Gasteiger partial charge in [0.25, 0.3) is 0 Å². The van der Waals surface area contributed by atoms with Crippen LogP contribution >= 0.6 is 7.37 Å². The van der Waals surface area contributed by atoms with Crippen molar-refractivity contribution in [1.29, 1.82) is 0 Å². The van der Waals surface area contributed by atoms with Crippen LogP contribution in [-0.4, -0.2) is 18.8 Å². The summed E-state index contributed by atoms with van der Waals surface area (Å²) in [6.07, 6.45) is 7.15. The average Bonchev–Trinajstić information content (AvgIpc) is 2.76. The zero-order valence-electron chi connectivity index (χ0n) is 17.9. The van der Waals surface area contributed by atoms with E-state index < -0.39 is 26.2 Å². The molecule has 0 radical (unpaired) electrons. The predicted octanol–water partition coefficient (Wildman–Crippen LogP) is 7.28. The zero-order valence-corrected chi connectivity index (χ0v) is 21.6. The van der Waals surface area contributed by atoms with Gasteiger partial charge in [-0.3, -0.25) is 0 Å². The van der Waals surface area contributed by atoms with E-state index in [2.05, 4.69) is 20.8 Å². The van der Waals surface area contributed by atoms with Crippen molar-refractivity contribution < 1.29 is 7.43 Å². The number of benzene rings is 2. The van der Waals surface area contributed by atoms with Crippen LogP contribution in [0.4, 0.5) is 0 Å². The molecule has 0 unspecified atom stereocenters. The van der Waals surface area contributed by atoms with Gasteiger partial charge in [0.1, 0.15) is 0 Å². The normalized spacial score (nSPS) is 12.2. The summed E-state index contributed by atoms with van der Waals surface area (Å²) in [5, 5.41) is 1.71. The van der Waals surface area contributed by atoms with Crippen LogP contribution in [0.15, 0.2) is 60.7 Å². The van der Waals surface area contributed by atoms with Crippen LogP contribution in [0.2, 0.25) is 13.3 Å². The number of hydrogen-bond acceptors (Lipinski definition) is 2. The standard InChI is InChI=1S/C12H11O2P.3C4H9.Sn/c13-15(14,11-7-3-1-4-8-11)12-9-5-2-6-10-12;3*1-3-4-2;/h1-10H,(H,13,14);3*1,3-4H2,2H3;/q;;;;+1/p-1. The number of hydrogen-bond donors (Lipinski definition) is 0. The van der Waals surface area contributed by atoms with Crippen LogP contribution in [0.1, 0.15) is 59.3 Å². The Morgan fingerprint density at radius 3 is 1.36 bits per heavy atom. The minimum absolute atomic E-state index is 0.853. The summed E-state index contributed by atoms with van der Waals surface area (Å²) < 4.78 is 25.2. The van der Waals surface area contributed by atoms with Crippen molar-refractivity contribution in [3.63, 3.8) is 0 Å². The van der Waals surface area contributed by atoms with E-state index in [1.165, 1.54) is 51.8 Å². The molecule has 0 saturated heterocycles. The number of rotatable bonds is 13. The van der Waals surface area contributed by atoms with E-state index in [1.54, 1.807) is 0 Å². The Bertz CT molecular complexity index is 653. The van der Waals surface area contributed by atoms with Crippen LogP contribution in [0.5, 0.6) is 0 Å². The molecule has 0 spiro atoms. The fourth-order valence-corrected chi connectivity index (χ4v) is 25.7. The molecule has 4 heteroatoms. The third-order valence-corrected chi connectivity index (χ3v) is 24.4. The molecule has 0 N–H and O–H groups in total. The van der Waals surface area contributed by atoms with Crippen molar-refractivity contribution in [2.75, 3.05) is 0 Å². The molecule has 154 valence electrons. The first-order valence-electron chi connectivity index (χ1n) is 11.0. The molecule has 2 aromatic rings. The third kappa shape index (κ3) is 6.47. The van der Waals surface area contributed by atoms with E-state index in [1.807, 2.05) is 60.7 Å². The van der Waals surface area contributed by atoms with E-state index in [0.717, 1.165) is 10.6 Å². The van der Waals surface area contributed by atoms with Crippen molar-refractivity contribution in [1.82, 2.24) is 0 Å². The molecular weight excluding hydrogens is 470 g/mol. The van der Waals surface area contributed by atoms with Crippen LogP contribution < -0.4 is 10.6 Å². The van der Waals surface area contributed by atoms with Crippen LogP contribution in [0, 0.1) is 0 Å². The fraction of sp³-hybridized carbons (Fsp3) is 0.500. The predicted molar refractivity (Wildman–Crippen MR) is 126 cm³/mol. The van der Waals surface area contributed by atoms with Gasteiger partial charge in [0.15, 0.2) is 0 Å². The van der Waals surface area contributed by atoms with Crippen molar-refractivity contribution in [2.45, 2.75) is 72.6 Å². The zero-order chi connectivity index (χ0) is 20.3. The Kier molecular flexibility index (Phi) is 10.3. The average molecular weight is 507 g/mol. The first kappa shape index (κ1) is 23.7. The van der Waals surface area contributed by atoms with E-state index in [-0.39, 0.29) is 0 Å². The molecule has 2 nitrogen and oxygen atoms in total. The van der Waals surface area contributed by atoms with Gasteiger partial charge in [-0.05, 0) is 0 Å². The first-order chi connectivity index (χ1) is 13.6. The van der Waals surface area contributed by atoms with Gasteiger partial charge in [-0.2, -0.15) is 0 Å². The summed E-state index contributed by atoms with van der Waals surface area (Å²) in [5.41, 5.74) is 0. The molecule has 0 saturated carbocycles. The van der Waals surface area contributed by atoms with Gasteiger partial charge in [-0.25, -0.2) is 0 Å². The molecule has 0 amide bonds. The van der Waals surface area contributed by atoms with Gasteiger partial charge >= 0.3 is 177 Å². The van der Waals surface area contributed by atoms with Gasteiger partial charge in [0.05, 0.1) is 0 Å². The van der Waals surface area contributed by atoms with Gasteiger partial charge < -0.3 is 0 Å². The van der Waals surface area contributed by atoms with Crippen molar-refractivity contribution in [3.05, 3.63) is 60.7 Å². The van der Waals surface area contributed by atoms with Gasteiger partial charge in [0, 0.05) is 0 Å². The molecule has 0 aromatic heterocycles. The van der Waals surface area contributed by atoms with E-state index in [4.69, 9.17) is 2.86 Å². The monoisotopic (exact) mass is 508 g/mol. The van der Waals surface area contributed by atoms with Gasteiger partial charge in [0.2, 0.25) is 0 Å². The van der Waals surface area contributed by atoms with E-state index >= 15 is 0 Å². The molecule has 0 atom stereocenters. The molecule has 0 aliphatic heterocycles. The summed E-state index contributed by atoms with van der Waals surface area (Å²) in [5.74, 6) is 0. The molecule has 0 bridgehead atoms. The molecular formula is C24H37O2PSn. The quantitative estimate of drug-likeness (QED) is 0.211. The van der Waals surface area contributed by atoms with E-state index in [9.17, 15) is 4.57 Å². The molecule has 0 fully saturated rings. The third-order valence-electron chi connectivity index (χ3n) is 5.47. The van der Waals surface area contributed by atoms with Crippen LogP contribution in [0.3, 0.4) is 0 Å². The van der Waals surface area contributed by atoms with Crippen LogP contribution in [-0.2, 0) is 7.43 Å².